The summed E-state index contributed by atoms with van der Waals surface area (Å²) in [5.74, 6) is -2.37. The van der Waals surface area contributed by atoms with E-state index in [9.17, 15) is 13.6 Å². The molecule has 172 valence electrons. The van der Waals surface area contributed by atoms with Gasteiger partial charge in [0, 0.05) is 0 Å². The Bertz CT molecular complexity index is 1070. The van der Waals surface area contributed by atoms with E-state index in [1.54, 1.807) is 24.3 Å². The van der Waals surface area contributed by atoms with Crippen molar-refractivity contribution in [2.75, 3.05) is 13.3 Å². The summed E-state index contributed by atoms with van der Waals surface area (Å²) in [6, 6.07) is 35.0. The molecular weight excluding hydrogens is 426 g/mol. The quantitative estimate of drug-likeness (QED) is 0.247. The fraction of sp³-hybridized carbons (Fsp3) is 0.194. The molecule has 0 aliphatic rings. The van der Waals surface area contributed by atoms with Crippen molar-refractivity contribution in [2.45, 2.75) is 24.7 Å². The first-order valence-corrected chi connectivity index (χ1v) is 11.6. The third kappa shape index (κ3) is 5.85. The van der Waals surface area contributed by atoms with E-state index in [4.69, 9.17) is 0 Å². The Labute approximate surface area is 200 Å². The highest BCUT2D eigenvalue weighted by Gasteiger charge is 2.29. The fourth-order valence-electron chi connectivity index (χ4n) is 4.30. The zero-order chi connectivity index (χ0) is 23.8. The summed E-state index contributed by atoms with van der Waals surface area (Å²) in [5, 5.41) is 0. The number of alkyl halides is 2. The third-order valence-electron chi connectivity index (χ3n) is 6.26. The van der Waals surface area contributed by atoms with E-state index < -0.39 is 31.0 Å². The topological polar surface area (TPSA) is 17.1 Å². The Hall–Kier alpha value is -3.59. The molecule has 3 heteroatoms. The molecule has 0 radical (unpaired) electrons. The second-order valence-corrected chi connectivity index (χ2v) is 8.62. The standard InChI is InChI=1S/C31H28F2O/c32-21-29(27-15-11-25(12-16-27)19-23-7-3-1-4-8-23)31(34)30(22-33)28-17-13-26(14-18-28)20-24-9-5-2-6-10-24/h1-18,29-30H,19-22H2. The Morgan fingerprint density at radius 2 is 0.824 bits per heavy atom. The van der Waals surface area contributed by atoms with Crippen LogP contribution in [0.4, 0.5) is 8.78 Å². The highest BCUT2D eigenvalue weighted by Crippen LogP contribution is 2.29. The van der Waals surface area contributed by atoms with Gasteiger partial charge in [-0.05, 0) is 46.2 Å². The fourth-order valence-corrected chi connectivity index (χ4v) is 4.30. The monoisotopic (exact) mass is 454 g/mol. The highest BCUT2D eigenvalue weighted by molar-refractivity contribution is 5.92. The number of halogens is 2. The van der Waals surface area contributed by atoms with Gasteiger partial charge in [0.05, 0.1) is 11.8 Å². The van der Waals surface area contributed by atoms with Crippen molar-refractivity contribution >= 4 is 5.78 Å². The molecule has 0 saturated heterocycles. The van der Waals surface area contributed by atoms with Gasteiger partial charge in [0.15, 0.2) is 5.78 Å². The molecule has 0 aromatic heterocycles. The molecule has 0 bridgehead atoms. The zero-order valence-corrected chi connectivity index (χ0v) is 19.0. The molecule has 0 N–H and O–H groups in total. The van der Waals surface area contributed by atoms with E-state index in [0.717, 1.165) is 24.0 Å². The molecule has 0 amide bonds. The van der Waals surface area contributed by atoms with Crippen molar-refractivity contribution in [1.29, 1.82) is 0 Å². The van der Waals surface area contributed by atoms with Crippen molar-refractivity contribution in [3.8, 4) is 0 Å². The third-order valence-corrected chi connectivity index (χ3v) is 6.26. The van der Waals surface area contributed by atoms with E-state index >= 15 is 0 Å². The van der Waals surface area contributed by atoms with Gasteiger partial charge in [0.1, 0.15) is 13.3 Å². The highest BCUT2D eigenvalue weighted by atomic mass is 19.1. The van der Waals surface area contributed by atoms with Crippen molar-refractivity contribution in [1.82, 2.24) is 0 Å². The molecule has 4 aromatic carbocycles. The summed E-state index contributed by atoms with van der Waals surface area (Å²) < 4.78 is 28.0. The number of rotatable bonds is 10. The number of carbonyl (C=O) groups excluding carboxylic acids is 1. The lowest BCUT2D eigenvalue weighted by Crippen LogP contribution is -2.24. The predicted octanol–water partition coefficient (Wildman–Crippen LogP) is 7.24. The Morgan fingerprint density at radius 3 is 1.15 bits per heavy atom. The number of Topliss-reactive ketones (excluding diaryl/α,β-unsaturated/α-hetero) is 1. The van der Waals surface area contributed by atoms with E-state index in [1.165, 1.54) is 11.1 Å². The van der Waals surface area contributed by atoms with Crippen molar-refractivity contribution in [2.24, 2.45) is 0 Å². The first-order valence-electron chi connectivity index (χ1n) is 11.6. The van der Waals surface area contributed by atoms with Gasteiger partial charge in [-0.1, -0.05) is 109 Å². The van der Waals surface area contributed by atoms with Gasteiger partial charge < -0.3 is 0 Å². The van der Waals surface area contributed by atoms with E-state index in [0.29, 0.717) is 11.1 Å². The number of benzene rings is 4. The van der Waals surface area contributed by atoms with Crippen LogP contribution in [0.15, 0.2) is 109 Å². The SMILES string of the molecule is O=C(C(CF)c1ccc(Cc2ccccc2)cc1)C(CF)c1ccc(Cc2ccccc2)cc1. The summed E-state index contributed by atoms with van der Waals surface area (Å²) >= 11 is 0. The summed E-state index contributed by atoms with van der Waals surface area (Å²) in [4.78, 5) is 13.2. The van der Waals surface area contributed by atoms with Gasteiger partial charge in [-0.15, -0.1) is 0 Å². The molecule has 0 spiro atoms. The van der Waals surface area contributed by atoms with Crippen LogP contribution in [-0.4, -0.2) is 19.1 Å². The summed E-state index contributed by atoms with van der Waals surface area (Å²) in [6.07, 6.45) is 1.52. The Morgan fingerprint density at radius 1 is 0.500 bits per heavy atom. The van der Waals surface area contributed by atoms with Crippen molar-refractivity contribution in [3.05, 3.63) is 143 Å². The summed E-state index contributed by atoms with van der Waals surface area (Å²) in [6.45, 7) is -1.70. The number of carbonyl (C=O) groups is 1. The normalized spacial score (nSPS) is 12.8. The van der Waals surface area contributed by atoms with Crippen LogP contribution in [0, 0.1) is 0 Å². The maximum absolute atomic E-state index is 14.0. The van der Waals surface area contributed by atoms with Crippen LogP contribution < -0.4 is 0 Å². The van der Waals surface area contributed by atoms with Crippen LogP contribution in [0.1, 0.15) is 45.2 Å². The van der Waals surface area contributed by atoms with Crippen LogP contribution in [-0.2, 0) is 17.6 Å². The number of hydrogen-bond acceptors (Lipinski definition) is 1. The molecule has 34 heavy (non-hydrogen) atoms. The Kier molecular flexibility index (Phi) is 7.98. The smallest absolute Gasteiger partial charge is 0.153 e. The second kappa shape index (κ2) is 11.5. The maximum Gasteiger partial charge on any atom is 0.153 e. The lowest BCUT2D eigenvalue weighted by atomic mass is 9.84. The first kappa shape index (κ1) is 23.6. The van der Waals surface area contributed by atoms with Crippen LogP contribution >= 0.6 is 0 Å². The van der Waals surface area contributed by atoms with Gasteiger partial charge >= 0.3 is 0 Å². The van der Waals surface area contributed by atoms with Crippen LogP contribution in [0.25, 0.3) is 0 Å². The molecule has 2 unspecified atom stereocenters. The number of hydrogen-bond donors (Lipinski definition) is 0. The summed E-state index contributed by atoms with van der Waals surface area (Å²) in [7, 11) is 0. The number of ketones is 1. The molecule has 4 rings (SSSR count). The second-order valence-electron chi connectivity index (χ2n) is 8.62. The Balaban J connectivity index is 1.46. The largest absolute Gasteiger partial charge is 0.298 e. The van der Waals surface area contributed by atoms with Crippen molar-refractivity contribution < 1.29 is 13.6 Å². The zero-order valence-electron chi connectivity index (χ0n) is 19.0. The van der Waals surface area contributed by atoms with Crippen LogP contribution in [0.3, 0.4) is 0 Å². The molecule has 0 saturated carbocycles. The van der Waals surface area contributed by atoms with Crippen LogP contribution in [0.5, 0.6) is 0 Å². The lowest BCUT2D eigenvalue weighted by molar-refractivity contribution is -0.122. The minimum atomic E-state index is -0.976. The van der Waals surface area contributed by atoms with Gasteiger partial charge in [0.2, 0.25) is 0 Å². The average Bonchev–Trinajstić information content (AvgIpc) is 2.88. The van der Waals surface area contributed by atoms with Gasteiger partial charge in [-0.3, -0.25) is 4.79 Å². The molecule has 1 nitrogen and oxygen atoms in total. The van der Waals surface area contributed by atoms with E-state index in [1.807, 2.05) is 60.7 Å². The van der Waals surface area contributed by atoms with Crippen molar-refractivity contribution in [3.63, 3.8) is 0 Å². The van der Waals surface area contributed by atoms with E-state index in [2.05, 4.69) is 24.3 Å². The predicted molar refractivity (Wildman–Crippen MR) is 134 cm³/mol. The molecule has 4 aromatic rings. The molecule has 2 atom stereocenters. The van der Waals surface area contributed by atoms with Crippen LogP contribution in [0.2, 0.25) is 0 Å². The first-order chi connectivity index (χ1) is 16.7. The molecule has 0 fully saturated rings. The summed E-state index contributed by atoms with van der Waals surface area (Å²) in [5.41, 5.74) is 5.70. The minimum Gasteiger partial charge on any atom is -0.298 e. The average molecular weight is 455 g/mol. The van der Waals surface area contributed by atoms with Gasteiger partial charge in [-0.25, -0.2) is 8.78 Å². The molecule has 0 aliphatic heterocycles. The molecular formula is C31H28F2O. The van der Waals surface area contributed by atoms with E-state index in [-0.39, 0.29) is 0 Å². The van der Waals surface area contributed by atoms with Gasteiger partial charge in [-0.2, -0.15) is 0 Å². The molecule has 0 heterocycles. The minimum absolute atomic E-state index is 0.420. The lowest BCUT2D eigenvalue weighted by Gasteiger charge is -2.20. The molecule has 0 aliphatic carbocycles. The maximum atomic E-state index is 14.0. The van der Waals surface area contributed by atoms with Gasteiger partial charge in [0.25, 0.3) is 0 Å².